The Kier molecular flexibility index (Phi) is 25.1. The van der Waals surface area contributed by atoms with Gasteiger partial charge in [-0.3, -0.25) is 0 Å². The summed E-state index contributed by atoms with van der Waals surface area (Å²) in [6, 6.07) is 8.95. The topological polar surface area (TPSA) is 0 Å². The molecule has 1 aromatic carbocycles. The van der Waals surface area contributed by atoms with E-state index in [-0.39, 0.29) is 0 Å². The Morgan fingerprint density at radius 3 is 1.50 bits per heavy atom. The van der Waals surface area contributed by atoms with E-state index in [9.17, 15) is 0 Å². The van der Waals surface area contributed by atoms with Gasteiger partial charge in [0.1, 0.15) is 0 Å². The van der Waals surface area contributed by atoms with Crippen molar-refractivity contribution in [3.63, 3.8) is 0 Å². The van der Waals surface area contributed by atoms with Gasteiger partial charge in [0.05, 0.1) is 0 Å². The van der Waals surface area contributed by atoms with Gasteiger partial charge in [0.25, 0.3) is 0 Å². The maximum Gasteiger partial charge on any atom is 0.0245 e. The monoisotopic (exact) mass is 522 g/mol. The fraction of sp³-hybridized carbons (Fsp3) is 0.763. The van der Waals surface area contributed by atoms with Crippen LogP contribution in [-0.4, -0.2) is 0 Å². The molecule has 1 aromatic rings. The quantitative estimate of drug-likeness (QED) is 0.0839. The zero-order chi connectivity index (χ0) is 27.4. The van der Waals surface area contributed by atoms with E-state index in [4.69, 9.17) is 0 Å². The summed E-state index contributed by atoms with van der Waals surface area (Å²) in [5.74, 6) is 7.52. The molecule has 0 bridgehead atoms. The fourth-order valence-electron chi connectivity index (χ4n) is 5.39. The molecule has 0 amide bonds. The van der Waals surface area contributed by atoms with Crippen LogP contribution in [0, 0.1) is 24.2 Å². The number of unbranched alkanes of at least 4 members (excludes halogenated alkanes) is 20. The lowest BCUT2D eigenvalue weighted by atomic mass is 9.96. The van der Waals surface area contributed by atoms with Gasteiger partial charge in [0, 0.05) is 12.0 Å². The molecular weight excluding hydrogens is 456 g/mol. The highest BCUT2D eigenvalue weighted by Crippen LogP contribution is 2.16. The standard InChI is InChI=1S/C38H65/c1-4-6-8-9-10-11-12-13-14-15-16-17-18-19-20-21-22-23-24-25-26-30-37-32-34-38(35-33-37)31-27-29-36(3)28-7-5-2/h29,32-36H,4-25,27-28,31H2,1-3H3. The molecule has 0 saturated carbocycles. The van der Waals surface area contributed by atoms with Crippen molar-refractivity contribution < 1.29 is 0 Å². The normalized spacial score (nSPS) is 11.9. The Hall–Kier alpha value is -1.22. The average molecular weight is 522 g/mol. The predicted molar refractivity (Wildman–Crippen MR) is 173 cm³/mol. The van der Waals surface area contributed by atoms with Crippen molar-refractivity contribution in [3.05, 3.63) is 41.8 Å². The van der Waals surface area contributed by atoms with Gasteiger partial charge in [0.2, 0.25) is 0 Å². The highest BCUT2D eigenvalue weighted by molar-refractivity contribution is 5.36. The summed E-state index contributed by atoms with van der Waals surface area (Å²) in [5.41, 5.74) is 2.61. The molecule has 1 atom stereocenters. The van der Waals surface area contributed by atoms with Gasteiger partial charge in [-0.25, -0.2) is 0 Å². The molecule has 217 valence electrons. The minimum absolute atomic E-state index is 0.754. The lowest BCUT2D eigenvalue weighted by Gasteiger charge is -2.09. The first kappa shape index (κ1) is 34.8. The minimum atomic E-state index is 0.754. The molecule has 38 heavy (non-hydrogen) atoms. The van der Waals surface area contributed by atoms with Crippen LogP contribution >= 0.6 is 0 Å². The molecule has 0 N–H and O–H groups in total. The van der Waals surface area contributed by atoms with Gasteiger partial charge in [0.15, 0.2) is 0 Å². The van der Waals surface area contributed by atoms with Gasteiger partial charge < -0.3 is 0 Å². The van der Waals surface area contributed by atoms with Crippen molar-refractivity contribution >= 4 is 0 Å². The molecule has 0 aromatic heterocycles. The first-order valence-electron chi connectivity index (χ1n) is 17.2. The highest BCUT2D eigenvalue weighted by Gasteiger charge is 2.02. The molecule has 0 aliphatic rings. The van der Waals surface area contributed by atoms with E-state index in [1.165, 1.54) is 159 Å². The van der Waals surface area contributed by atoms with Crippen molar-refractivity contribution in [2.45, 2.75) is 181 Å². The number of benzene rings is 1. The fourth-order valence-corrected chi connectivity index (χ4v) is 5.39. The van der Waals surface area contributed by atoms with Crippen LogP contribution in [-0.2, 0) is 6.42 Å². The van der Waals surface area contributed by atoms with Crippen LogP contribution in [0.3, 0.4) is 0 Å². The molecule has 0 spiro atoms. The molecule has 1 radical (unpaired) electrons. The summed E-state index contributed by atoms with van der Waals surface area (Å²) in [7, 11) is 0. The summed E-state index contributed by atoms with van der Waals surface area (Å²) < 4.78 is 0. The van der Waals surface area contributed by atoms with Gasteiger partial charge in [-0.1, -0.05) is 180 Å². The van der Waals surface area contributed by atoms with Crippen molar-refractivity contribution in [2.24, 2.45) is 5.92 Å². The lowest BCUT2D eigenvalue weighted by molar-refractivity contribution is 0.524. The van der Waals surface area contributed by atoms with E-state index < -0.39 is 0 Å². The second-order valence-corrected chi connectivity index (χ2v) is 12.0. The van der Waals surface area contributed by atoms with Crippen molar-refractivity contribution in [3.8, 4) is 11.8 Å². The van der Waals surface area contributed by atoms with E-state index in [2.05, 4.69) is 63.3 Å². The molecule has 1 rings (SSSR count). The summed E-state index contributed by atoms with van der Waals surface area (Å²) in [6.45, 7) is 6.94. The number of hydrogen-bond donors (Lipinski definition) is 0. The Bertz CT molecular complexity index is 658. The summed E-state index contributed by atoms with van der Waals surface area (Å²) in [4.78, 5) is 0. The van der Waals surface area contributed by atoms with Crippen LogP contribution in [0.1, 0.15) is 186 Å². The molecule has 0 saturated heterocycles. The van der Waals surface area contributed by atoms with E-state index >= 15 is 0 Å². The molecule has 0 aliphatic carbocycles. The first-order chi connectivity index (χ1) is 18.8. The molecule has 0 nitrogen and oxygen atoms in total. The molecule has 0 heteroatoms. The van der Waals surface area contributed by atoms with E-state index in [1.807, 2.05) is 0 Å². The third-order valence-electron chi connectivity index (χ3n) is 8.11. The zero-order valence-corrected chi connectivity index (χ0v) is 26.1. The number of hydrogen-bond acceptors (Lipinski definition) is 0. The highest BCUT2D eigenvalue weighted by atomic mass is 14.1. The Balaban J connectivity index is 1.86. The molecule has 0 heterocycles. The molecule has 0 fully saturated rings. The van der Waals surface area contributed by atoms with Crippen LogP contribution in [0.5, 0.6) is 0 Å². The maximum atomic E-state index is 3.40. The van der Waals surface area contributed by atoms with Crippen molar-refractivity contribution in [1.82, 2.24) is 0 Å². The van der Waals surface area contributed by atoms with Crippen LogP contribution in [0.4, 0.5) is 0 Å². The van der Waals surface area contributed by atoms with Gasteiger partial charge in [-0.2, -0.15) is 0 Å². The van der Waals surface area contributed by atoms with Crippen LogP contribution in [0.15, 0.2) is 24.3 Å². The molecular formula is C38H65. The van der Waals surface area contributed by atoms with E-state index in [1.54, 1.807) is 0 Å². The maximum absolute atomic E-state index is 3.40. The smallest absolute Gasteiger partial charge is 0.0245 e. The predicted octanol–water partition coefficient (Wildman–Crippen LogP) is 12.8. The zero-order valence-electron chi connectivity index (χ0n) is 26.1. The Labute approximate surface area is 240 Å². The SMILES string of the molecule is CCCCCCCCCCCCCCCCCCCCCC#Cc1ccc(CC[CH]C(C)CCCC)cc1. The summed E-state index contributed by atoms with van der Waals surface area (Å²) in [6.07, 6.45) is 37.1. The van der Waals surface area contributed by atoms with Crippen LogP contribution in [0.25, 0.3) is 0 Å². The lowest BCUT2D eigenvalue weighted by Crippen LogP contribution is -1.97. The number of aryl methyl sites for hydroxylation is 1. The van der Waals surface area contributed by atoms with Crippen molar-refractivity contribution in [1.29, 1.82) is 0 Å². The second kappa shape index (κ2) is 27.4. The van der Waals surface area contributed by atoms with Crippen LogP contribution < -0.4 is 0 Å². The second-order valence-electron chi connectivity index (χ2n) is 12.0. The van der Waals surface area contributed by atoms with Gasteiger partial charge in [-0.05, 0) is 49.3 Å². The van der Waals surface area contributed by atoms with E-state index in [0.717, 1.165) is 18.8 Å². The van der Waals surface area contributed by atoms with Gasteiger partial charge >= 0.3 is 0 Å². The third-order valence-corrected chi connectivity index (χ3v) is 8.11. The Morgan fingerprint density at radius 1 is 0.579 bits per heavy atom. The van der Waals surface area contributed by atoms with Crippen LogP contribution in [0.2, 0.25) is 0 Å². The van der Waals surface area contributed by atoms with E-state index in [0.29, 0.717) is 0 Å². The number of rotatable bonds is 26. The molecule has 0 aliphatic heterocycles. The average Bonchev–Trinajstić information content (AvgIpc) is 2.93. The largest absolute Gasteiger partial charge is 0.0979 e. The summed E-state index contributed by atoms with van der Waals surface area (Å²) in [5, 5.41) is 0. The minimum Gasteiger partial charge on any atom is -0.0979 e. The molecule has 1 unspecified atom stereocenters. The first-order valence-corrected chi connectivity index (χ1v) is 17.2. The van der Waals surface area contributed by atoms with Gasteiger partial charge in [-0.15, -0.1) is 0 Å². The Morgan fingerprint density at radius 2 is 1.03 bits per heavy atom. The van der Waals surface area contributed by atoms with Crippen molar-refractivity contribution in [2.75, 3.05) is 0 Å². The third kappa shape index (κ3) is 22.7. The summed E-state index contributed by atoms with van der Waals surface area (Å²) >= 11 is 0.